The SMILES string of the molecule is CC(C)CC[C@@]1(C2CCN(C(=O)[C@H]3Cc4ccccc4O3)CC2)NC(=O)N(CCN(C)C)C1=O. The number of ether oxygens (including phenoxy) is 1. The van der Waals surface area contributed by atoms with Gasteiger partial charge >= 0.3 is 6.03 Å². The average molecular weight is 471 g/mol. The van der Waals surface area contributed by atoms with E-state index in [4.69, 9.17) is 4.74 Å². The largest absolute Gasteiger partial charge is 0.480 e. The molecule has 4 amide bonds. The number of amides is 4. The molecule has 0 spiro atoms. The molecule has 1 aromatic carbocycles. The van der Waals surface area contributed by atoms with Gasteiger partial charge in [-0.05, 0) is 63.2 Å². The van der Waals surface area contributed by atoms with Gasteiger partial charge in [-0.25, -0.2) is 4.79 Å². The van der Waals surface area contributed by atoms with Crippen molar-refractivity contribution >= 4 is 17.8 Å². The van der Waals surface area contributed by atoms with E-state index >= 15 is 0 Å². The molecule has 2 atom stereocenters. The highest BCUT2D eigenvalue weighted by Crippen LogP contribution is 2.38. The first-order valence-corrected chi connectivity index (χ1v) is 12.5. The van der Waals surface area contributed by atoms with Crippen LogP contribution in [0, 0.1) is 11.8 Å². The van der Waals surface area contributed by atoms with E-state index in [1.165, 1.54) is 4.90 Å². The number of carbonyl (C=O) groups excluding carboxylic acids is 3. The lowest BCUT2D eigenvalue weighted by Crippen LogP contribution is -2.57. The summed E-state index contributed by atoms with van der Waals surface area (Å²) in [7, 11) is 3.87. The van der Waals surface area contributed by atoms with Gasteiger partial charge < -0.3 is 19.9 Å². The molecule has 3 heterocycles. The number of hydrogen-bond acceptors (Lipinski definition) is 5. The third kappa shape index (κ3) is 4.78. The molecule has 8 nitrogen and oxygen atoms in total. The Labute approximate surface area is 202 Å². The molecule has 0 aliphatic carbocycles. The summed E-state index contributed by atoms with van der Waals surface area (Å²) >= 11 is 0. The standard InChI is InChI=1S/C26H38N4O4/c1-18(2)9-12-26(24(32)30(25(33)27-26)16-15-28(3)4)20-10-13-29(14-11-20)23(31)22-17-19-7-5-6-8-21(19)34-22/h5-8,18,20,22H,9-17H2,1-4H3,(H,27,33)/t22-,26+/m1/s1. The van der Waals surface area contributed by atoms with Crippen LogP contribution in [-0.2, 0) is 16.0 Å². The summed E-state index contributed by atoms with van der Waals surface area (Å²) in [5.74, 6) is 1.15. The fourth-order valence-corrected chi connectivity index (χ4v) is 5.43. The summed E-state index contributed by atoms with van der Waals surface area (Å²) in [6, 6.07) is 7.51. The summed E-state index contributed by atoms with van der Waals surface area (Å²) in [4.78, 5) is 44.9. The number of likely N-dealkylation sites (tertiary alicyclic amines) is 1. The minimum atomic E-state index is -0.872. The number of para-hydroxylation sites is 1. The highest BCUT2D eigenvalue weighted by molar-refractivity contribution is 6.07. The van der Waals surface area contributed by atoms with Crippen LogP contribution in [0.15, 0.2) is 24.3 Å². The number of benzene rings is 1. The normalized spacial score (nSPS) is 25.2. The number of likely N-dealkylation sites (N-methyl/N-ethyl adjacent to an activating group) is 1. The van der Waals surface area contributed by atoms with Gasteiger partial charge in [0.05, 0.1) is 0 Å². The van der Waals surface area contributed by atoms with Crippen LogP contribution < -0.4 is 10.1 Å². The second kappa shape index (κ2) is 9.94. The Kier molecular flexibility index (Phi) is 7.17. The van der Waals surface area contributed by atoms with Crippen molar-refractivity contribution in [2.45, 2.75) is 57.6 Å². The topological polar surface area (TPSA) is 82.2 Å². The van der Waals surface area contributed by atoms with Crippen molar-refractivity contribution in [1.82, 2.24) is 20.0 Å². The number of nitrogens with zero attached hydrogens (tertiary/aromatic N) is 3. The van der Waals surface area contributed by atoms with E-state index in [1.807, 2.05) is 48.2 Å². The van der Waals surface area contributed by atoms with Crippen LogP contribution in [0.2, 0.25) is 0 Å². The van der Waals surface area contributed by atoms with Crippen LogP contribution in [0.1, 0.15) is 45.1 Å². The maximum Gasteiger partial charge on any atom is 0.325 e. The molecule has 0 bridgehead atoms. The molecule has 2 saturated heterocycles. The lowest BCUT2D eigenvalue weighted by Gasteiger charge is -2.41. The van der Waals surface area contributed by atoms with E-state index < -0.39 is 11.6 Å². The molecule has 1 aromatic rings. The third-order valence-corrected chi connectivity index (χ3v) is 7.51. The quantitative estimate of drug-likeness (QED) is 0.591. The minimum absolute atomic E-state index is 0.0119. The number of imide groups is 1. The Hall–Kier alpha value is -2.61. The molecule has 186 valence electrons. The van der Waals surface area contributed by atoms with E-state index in [1.54, 1.807) is 0 Å². The number of urea groups is 1. The molecule has 4 rings (SSSR count). The van der Waals surface area contributed by atoms with Crippen LogP contribution in [-0.4, -0.2) is 84.5 Å². The third-order valence-electron chi connectivity index (χ3n) is 7.51. The van der Waals surface area contributed by atoms with E-state index in [2.05, 4.69) is 19.2 Å². The Balaban J connectivity index is 1.43. The molecule has 2 fully saturated rings. The molecule has 0 saturated carbocycles. The molecule has 0 unspecified atom stereocenters. The van der Waals surface area contributed by atoms with E-state index in [9.17, 15) is 14.4 Å². The lowest BCUT2D eigenvalue weighted by molar-refractivity contribution is -0.140. The van der Waals surface area contributed by atoms with Gasteiger partial charge in [-0.1, -0.05) is 32.0 Å². The first kappa shape index (κ1) is 24.5. The van der Waals surface area contributed by atoms with Gasteiger partial charge in [-0.2, -0.15) is 0 Å². The first-order valence-electron chi connectivity index (χ1n) is 12.5. The Morgan fingerprint density at radius 1 is 1.21 bits per heavy atom. The zero-order valence-electron chi connectivity index (χ0n) is 20.9. The Morgan fingerprint density at radius 3 is 2.56 bits per heavy atom. The predicted molar refractivity (Wildman–Crippen MR) is 129 cm³/mol. The number of rotatable bonds is 8. The number of piperidine rings is 1. The van der Waals surface area contributed by atoms with Crippen molar-refractivity contribution in [2.75, 3.05) is 40.3 Å². The molecule has 8 heteroatoms. The second-order valence-corrected chi connectivity index (χ2v) is 10.6. The van der Waals surface area contributed by atoms with Gasteiger partial charge in [0.25, 0.3) is 11.8 Å². The Bertz CT molecular complexity index is 900. The number of nitrogens with one attached hydrogen (secondary N) is 1. The molecule has 34 heavy (non-hydrogen) atoms. The number of fused-ring (bicyclic) bond motifs is 1. The van der Waals surface area contributed by atoms with E-state index in [0.717, 1.165) is 17.7 Å². The molecular formula is C26H38N4O4. The summed E-state index contributed by atoms with van der Waals surface area (Å²) < 4.78 is 5.91. The first-order chi connectivity index (χ1) is 16.2. The summed E-state index contributed by atoms with van der Waals surface area (Å²) in [6.07, 6.45) is 3.00. The van der Waals surface area contributed by atoms with Crippen molar-refractivity contribution < 1.29 is 19.1 Å². The van der Waals surface area contributed by atoms with Crippen molar-refractivity contribution in [2.24, 2.45) is 11.8 Å². The van der Waals surface area contributed by atoms with Gasteiger partial charge in [-0.3, -0.25) is 14.5 Å². The van der Waals surface area contributed by atoms with Crippen LogP contribution in [0.5, 0.6) is 5.75 Å². The van der Waals surface area contributed by atoms with Crippen molar-refractivity contribution in [3.63, 3.8) is 0 Å². The Morgan fingerprint density at radius 2 is 1.91 bits per heavy atom. The van der Waals surface area contributed by atoms with Gasteiger partial charge in [0.15, 0.2) is 6.10 Å². The fraction of sp³-hybridized carbons (Fsp3) is 0.654. The van der Waals surface area contributed by atoms with Gasteiger partial charge in [-0.15, -0.1) is 0 Å². The number of hydrogen-bond donors (Lipinski definition) is 1. The van der Waals surface area contributed by atoms with E-state index in [0.29, 0.717) is 57.8 Å². The number of carbonyl (C=O) groups is 3. The van der Waals surface area contributed by atoms with Crippen molar-refractivity contribution in [1.29, 1.82) is 0 Å². The highest BCUT2D eigenvalue weighted by atomic mass is 16.5. The van der Waals surface area contributed by atoms with Gasteiger partial charge in [0.1, 0.15) is 11.3 Å². The summed E-state index contributed by atoms with van der Waals surface area (Å²) in [6.45, 7) is 6.45. The smallest absolute Gasteiger partial charge is 0.325 e. The van der Waals surface area contributed by atoms with Crippen LogP contribution in [0.25, 0.3) is 0 Å². The molecule has 3 aliphatic rings. The highest BCUT2D eigenvalue weighted by Gasteiger charge is 2.55. The summed E-state index contributed by atoms with van der Waals surface area (Å²) in [5, 5.41) is 3.12. The molecule has 3 aliphatic heterocycles. The second-order valence-electron chi connectivity index (χ2n) is 10.6. The average Bonchev–Trinajstić information content (AvgIpc) is 3.35. The maximum absolute atomic E-state index is 13.6. The van der Waals surface area contributed by atoms with Gasteiger partial charge in [0.2, 0.25) is 0 Å². The summed E-state index contributed by atoms with van der Waals surface area (Å²) in [5.41, 5.74) is 0.198. The molecule has 1 N–H and O–H groups in total. The predicted octanol–water partition coefficient (Wildman–Crippen LogP) is 2.52. The molecule has 0 radical (unpaired) electrons. The monoisotopic (exact) mass is 470 g/mol. The minimum Gasteiger partial charge on any atom is -0.480 e. The molecular weight excluding hydrogens is 432 g/mol. The maximum atomic E-state index is 13.6. The van der Waals surface area contributed by atoms with Crippen LogP contribution in [0.3, 0.4) is 0 Å². The fourth-order valence-electron chi connectivity index (χ4n) is 5.43. The lowest BCUT2D eigenvalue weighted by atomic mass is 9.73. The van der Waals surface area contributed by atoms with Gasteiger partial charge in [0, 0.05) is 32.6 Å². The van der Waals surface area contributed by atoms with E-state index in [-0.39, 0.29) is 23.8 Å². The van der Waals surface area contributed by atoms with Crippen molar-refractivity contribution in [3.8, 4) is 5.75 Å². The zero-order valence-corrected chi connectivity index (χ0v) is 20.9. The molecule has 0 aromatic heterocycles. The zero-order chi connectivity index (χ0) is 24.5. The van der Waals surface area contributed by atoms with Crippen LogP contribution in [0.4, 0.5) is 4.79 Å². The van der Waals surface area contributed by atoms with Crippen LogP contribution >= 0.6 is 0 Å². The van der Waals surface area contributed by atoms with Crippen molar-refractivity contribution in [3.05, 3.63) is 29.8 Å².